The second kappa shape index (κ2) is 5.82. The van der Waals surface area contributed by atoms with Crippen LogP contribution in [-0.2, 0) is 0 Å². The summed E-state index contributed by atoms with van der Waals surface area (Å²) in [4.78, 5) is 4.04. The van der Waals surface area contributed by atoms with Crippen molar-refractivity contribution < 1.29 is 5.11 Å². The van der Waals surface area contributed by atoms with E-state index < -0.39 is 0 Å². The SMILES string of the molecule is N=N/C(=C\NCCO)c1ccccn1. The monoisotopic (exact) mass is 192 g/mol. The molecular weight excluding hydrogens is 180 g/mol. The molecule has 0 radical (unpaired) electrons. The van der Waals surface area contributed by atoms with Gasteiger partial charge in [-0.25, -0.2) is 5.53 Å². The molecule has 1 heterocycles. The van der Waals surface area contributed by atoms with E-state index in [0.717, 1.165) is 0 Å². The summed E-state index contributed by atoms with van der Waals surface area (Å²) in [5, 5.41) is 14.7. The van der Waals surface area contributed by atoms with Crippen LogP contribution in [0.25, 0.3) is 5.70 Å². The van der Waals surface area contributed by atoms with Gasteiger partial charge >= 0.3 is 0 Å². The Bertz CT molecular complexity index is 310. The van der Waals surface area contributed by atoms with Crippen LogP contribution in [0.5, 0.6) is 0 Å². The Kier molecular flexibility index (Phi) is 4.30. The summed E-state index contributed by atoms with van der Waals surface area (Å²) in [6.07, 6.45) is 3.20. The number of aliphatic hydroxyl groups is 1. The van der Waals surface area contributed by atoms with Gasteiger partial charge < -0.3 is 10.4 Å². The molecule has 0 atom stereocenters. The number of nitrogens with one attached hydrogen (secondary N) is 2. The second-order valence-electron chi connectivity index (χ2n) is 2.53. The molecule has 1 aromatic rings. The zero-order valence-corrected chi connectivity index (χ0v) is 7.64. The van der Waals surface area contributed by atoms with Gasteiger partial charge in [-0.05, 0) is 12.1 Å². The summed E-state index contributed by atoms with van der Waals surface area (Å²) in [5.74, 6) is 0. The van der Waals surface area contributed by atoms with Crippen molar-refractivity contribution in [3.05, 3.63) is 36.3 Å². The van der Waals surface area contributed by atoms with E-state index in [9.17, 15) is 0 Å². The van der Waals surface area contributed by atoms with Gasteiger partial charge in [-0.1, -0.05) is 6.07 Å². The highest BCUT2D eigenvalue weighted by Gasteiger charge is 1.98. The van der Waals surface area contributed by atoms with Gasteiger partial charge in [-0.15, -0.1) is 0 Å². The van der Waals surface area contributed by atoms with E-state index >= 15 is 0 Å². The van der Waals surface area contributed by atoms with Gasteiger partial charge in [0.25, 0.3) is 0 Å². The Morgan fingerprint density at radius 2 is 2.50 bits per heavy atom. The van der Waals surface area contributed by atoms with Crippen LogP contribution in [0.15, 0.2) is 35.7 Å². The summed E-state index contributed by atoms with van der Waals surface area (Å²) in [6, 6.07) is 5.39. The lowest BCUT2D eigenvalue weighted by Gasteiger charge is -2.00. The molecule has 1 rings (SSSR count). The number of rotatable bonds is 5. The topological polar surface area (TPSA) is 81.4 Å². The van der Waals surface area contributed by atoms with Gasteiger partial charge in [-0.3, -0.25) is 4.98 Å². The lowest BCUT2D eigenvalue weighted by Crippen LogP contribution is -2.11. The third-order valence-electron chi connectivity index (χ3n) is 1.54. The van der Waals surface area contributed by atoms with Gasteiger partial charge in [0.1, 0.15) is 5.70 Å². The van der Waals surface area contributed by atoms with Crippen molar-refractivity contribution in [2.45, 2.75) is 0 Å². The average molecular weight is 192 g/mol. The molecule has 0 amide bonds. The van der Waals surface area contributed by atoms with Crippen molar-refractivity contribution in [3.63, 3.8) is 0 Å². The van der Waals surface area contributed by atoms with E-state index in [1.807, 2.05) is 6.07 Å². The van der Waals surface area contributed by atoms with Crippen molar-refractivity contribution in [1.82, 2.24) is 10.3 Å². The first-order valence-corrected chi connectivity index (χ1v) is 4.21. The molecule has 1 aromatic heterocycles. The summed E-state index contributed by atoms with van der Waals surface area (Å²) in [6.45, 7) is 0.482. The van der Waals surface area contributed by atoms with Crippen molar-refractivity contribution >= 4 is 5.70 Å². The van der Waals surface area contributed by atoms with E-state index in [0.29, 0.717) is 17.9 Å². The highest BCUT2D eigenvalue weighted by molar-refractivity contribution is 5.59. The Hall–Kier alpha value is -1.75. The maximum atomic E-state index is 8.54. The molecule has 5 heteroatoms. The summed E-state index contributed by atoms with van der Waals surface area (Å²) in [5.41, 5.74) is 8.02. The molecule has 0 aromatic carbocycles. The average Bonchev–Trinajstić information content (AvgIpc) is 2.26. The van der Waals surface area contributed by atoms with Crippen LogP contribution >= 0.6 is 0 Å². The molecule has 3 N–H and O–H groups in total. The molecule has 0 saturated heterocycles. The predicted octanol–water partition coefficient (Wildman–Crippen LogP) is 0.993. The molecule has 0 bridgehead atoms. The Labute approximate surface area is 82.0 Å². The molecule has 0 aliphatic heterocycles. The maximum Gasteiger partial charge on any atom is 0.126 e. The first-order valence-electron chi connectivity index (χ1n) is 4.21. The molecule has 0 saturated carbocycles. The van der Waals surface area contributed by atoms with Gasteiger partial charge in [0.15, 0.2) is 0 Å². The van der Waals surface area contributed by atoms with Gasteiger partial charge in [-0.2, -0.15) is 5.11 Å². The summed E-state index contributed by atoms with van der Waals surface area (Å²) < 4.78 is 0. The zero-order valence-electron chi connectivity index (χ0n) is 7.64. The fraction of sp³-hybridized carbons (Fsp3) is 0.222. The second-order valence-corrected chi connectivity index (χ2v) is 2.53. The molecule has 0 spiro atoms. The van der Waals surface area contributed by atoms with E-state index in [1.54, 1.807) is 24.5 Å². The third-order valence-corrected chi connectivity index (χ3v) is 1.54. The van der Waals surface area contributed by atoms with Crippen LogP contribution in [-0.4, -0.2) is 23.2 Å². The zero-order chi connectivity index (χ0) is 10.2. The van der Waals surface area contributed by atoms with Crippen molar-refractivity contribution in [1.29, 1.82) is 5.53 Å². The highest BCUT2D eigenvalue weighted by atomic mass is 16.3. The van der Waals surface area contributed by atoms with Crippen LogP contribution < -0.4 is 5.32 Å². The first-order chi connectivity index (χ1) is 6.88. The molecule has 0 fully saturated rings. The number of pyridine rings is 1. The molecule has 0 unspecified atom stereocenters. The lowest BCUT2D eigenvalue weighted by molar-refractivity contribution is 0.298. The Morgan fingerprint density at radius 1 is 1.64 bits per heavy atom. The van der Waals surface area contributed by atoms with Crippen LogP contribution in [0.1, 0.15) is 5.69 Å². The van der Waals surface area contributed by atoms with E-state index in [2.05, 4.69) is 15.4 Å². The van der Waals surface area contributed by atoms with Crippen LogP contribution in [0.2, 0.25) is 0 Å². The lowest BCUT2D eigenvalue weighted by atomic mass is 10.3. The molecule has 0 aliphatic carbocycles. The number of aromatic nitrogens is 1. The van der Waals surface area contributed by atoms with Crippen LogP contribution in [0.4, 0.5) is 0 Å². The molecule has 0 aliphatic rings. The standard InChI is InChI=1S/C9H12N4O/c10-13-9(7-11-5-6-14)8-3-1-2-4-12-8/h1-4,7,10-11,14H,5-6H2/b9-7-,13-10?. The fourth-order valence-electron chi connectivity index (χ4n) is 0.911. The minimum absolute atomic E-state index is 0.0456. The summed E-state index contributed by atoms with van der Waals surface area (Å²) in [7, 11) is 0. The molecule has 14 heavy (non-hydrogen) atoms. The van der Waals surface area contributed by atoms with Crippen molar-refractivity contribution in [2.24, 2.45) is 5.11 Å². The minimum atomic E-state index is 0.0456. The van der Waals surface area contributed by atoms with Gasteiger partial charge in [0.05, 0.1) is 12.3 Å². The predicted molar refractivity (Wildman–Crippen MR) is 52.5 cm³/mol. The van der Waals surface area contributed by atoms with Crippen LogP contribution in [0, 0.1) is 5.53 Å². The highest BCUT2D eigenvalue weighted by Crippen LogP contribution is 2.10. The molecule has 5 nitrogen and oxygen atoms in total. The fourth-order valence-corrected chi connectivity index (χ4v) is 0.911. The number of nitrogens with zero attached hydrogens (tertiary/aromatic N) is 2. The quantitative estimate of drug-likeness (QED) is 0.480. The van der Waals surface area contributed by atoms with Crippen molar-refractivity contribution in [3.8, 4) is 0 Å². The Balaban J connectivity index is 2.72. The van der Waals surface area contributed by atoms with E-state index in [4.69, 9.17) is 10.6 Å². The maximum absolute atomic E-state index is 8.54. The van der Waals surface area contributed by atoms with Crippen molar-refractivity contribution in [2.75, 3.05) is 13.2 Å². The smallest absolute Gasteiger partial charge is 0.126 e. The third kappa shape index (κ3) is 2.95. The minimum Gasteiger partial charge on any atom is -0.395 e. The number of hydrogen-bond donors (Lipinski definition) is 3. The number of hydrogen-bond acceptors (Lipinski definition) is 5. The Morgan fingerprint density at radius 3 is 3.07 bits per heavy atom. The first kappa shape index (κ1) is 10.3. The largest absolute Gasteiger partial charge is 0.395 e. The number of aliphatic hydroxyl groups excluding tert-OH is 1. The van der Waals surface area contributed by atoms with E-state index in [1.165, 1.54) is 0 Å². The molecular formula is C9H12N4O. The van der Waals surface area contributed by atoms with Gasteiger partial charge in [0, 0.05) is 18.9 Å². The molecule has 74 valence electrons. The van der Waals surface area contributed by atoms with Crippen LogP contribution in [0.3, 0.4) is 0 Å². The van der Waals surface area contributed by atoms with E-state index in [-0.39, 0.29) is 6.61 Å². The normalized spacial score (nSPS) is 11.1. The van der Waals surface area contributed by atoms with Gasteiger partial charge in [0.2, 0.25) is 0 Å². The summed E-state index contributed by atoms with van der Waals surface area (Å²) >= 11 is 0.